The molecular formula is C13H10N4O2. The third-order valence-electron chi connectivity index (χ3n) is 2.31. The number of hydrogen-bond donors (Lipinski definition) is 1. The van der Waals surface area contributed by atoms with E-state index in [1.54, 1.807) is 24.3 Å². The topological polar surface area (TPSA) is 87.9 Å². The number of aromatic nitrogens is 2. The van der Waals surface area contributed by atoms with Crippen LogP contribution in [0.25, 0.3) is 0 Å². The number of hydrogen-bond acceptors (Lipinski definition) is 6. The van der Waals surface area contributed by atoms with Gasteiger partial charge in [0.05, 0.1) is 31.1 Å². The Morgan fingerprint density at radius 2 is 2.21 bits per heavy atom. The molecule has 94 valence electrons. The molecule has 0 spiro atoms. The maximum Gasteiger partial charge on any atom is 0.358 e. The lowest BCUT2D eigenvalue weighted by Gasteiger charge is -2.05. The molecule has 2 rings (SSSR count). The first kappa shape index (κ1) is 12.5. The van der Waals surface area contributed by atoms with E-state index in [2.05, 4.69) is 20.0 Å². The molecule has 0 aliphatic rings. The van der Waals surface area contributed by atoms with Crippen LogP contribution < -0.4 is 5.32 Å². The third-order valence-corrected chi connectivity index (χ3v) is 2.31. The summed E-state index contributed by atoms with van der Waals surface area (Å²) in [6.45, 7) is 0. The Hall–Kier alpha value is -2.94. The molecule has 0 aliphatic carbocycles. The molecule has 1 aromatic carbocycles. The standard InChI is InChI=1S/C13H10N4O2/c1-19-13(18)11-7-16-12(8-15-11)17-10-4-2-3-9(5-10)6-14/h2-5,7-8H,1H3,(H,16,17). The average molecular weight is 254 g/mol. The van der Waals surface area contributed by atoms with Crippen molar-refractivity contribution < 1.29 is 9.53 Å². The van der Waals surface area contributed by atoms with Crippen molar-refractivity contribution in [1.29, 1.82) is 5.26 Å². The van der Waals surface area contributed by atoms with Crippen molar-refractivity contribution in [1.82, 2.24) is 9.97 Å². The maximum absolute atomic E-state index is 11.2. The molecule has 0 unspecified atom stereocenters. The number of anilines is 2. The maximum atomic E-state index is 11.2. The molecule has 0 amide bonds. The number of carbonyl (C=O) groups excluding carboxylic acids is 1. The highest BCUT2D eigenvalue weighted by molar-refractivity contribution is 5.86. The molecule has 6 heteroatoms. The summed E-state index contributed by atoms with van der Waals surface area (Å²) in [4.78, 5) is 19.2. The highest BCUT2D eigenvalue weighted by atomic mass is 16.5. The number of nitriles is 1. The van der Waals surface area contributed by atoms with Crippen molar-refractivity contribution in [2.75, 3.05) is 12.4 Å². The number of rotatable bonds is 3. The second-order valence-corrected chi connectivity index (χ2v) is 3.60. The summed E-state index contributed by atoms with van der Waals surface area (Å²) in [5.74, 6) is -0.0618. The largest absolute Gasteiger partial charge is 0.464 e. The Morgan fingerprint density at radius 3 is 2.84 bits per heavy atom. The van der Waals surface area contributed by atoms with Gasteiger partial charge in [-0.15, -0.1) is 0 Å². The zero-order valence-corrected chi connectivity index (χ0v) is 10.1. The van der Waals surface area contributed by atoms with Gasteiger partial charge in [0.15, 0.2) is 5.69 Å². The van der Waals surface area contributed by atoms with Crippen LogP contribution in [0.15, 0.2) is 36.7 Å². The summed E-state index contributed by atoms with van der Waals surface area (Å²) in [6.07, 6.45) is 2.74. The van der Waals surface area contributed by atoms with Crippen LogP contribution in [-0.2, 0) is 4.74 Å². The zero-order chi connectivity index (χ0) is 13.7. The fourth-order valence-electron chi connectivity index (χ4n) is 1.42. The summed E-state index contributed by atoms with van der Waals surface area (Å²) in [5, 5.41) is 11.8. The molecule has 2 aromatic rings. The van der Waals surface area contributed by atoms with Crippen molar-refractivity contribution in [3.05, 3.63) is 47.9 Å². The van der Waals surface area contributed by atoms with Crippen LogP contribution in [0.2, 0.25) is 0 Å². The zero-order valence-electron chi connectivity index (χ0n) is 10.1. The van der Waals surface area contributed by atoms with Crippen molar-refractivity contribution in [3.63, 3.8) is 0 Å². The van der Waals surface area contributed by atoms with Gasteiger partial charge in [-0.1, -0.05) is 6.07 Å². The SMILES string of the molecule is COC(=O)c1cnc(Nc2cccc(C#N)c2)cn1. The van der Waals surface area contributed by atoms with E-state index in [9.17, 15) is 4.79 Å². The van der Waals surface area contributed by atoms with Gasteiger partial charge in [-0.3, -0.25) is 0 Å². The van der Waals surface area contributed by atoms with Gasteiger partial charge >= 0.3 is 5.97 Å². The number of esters is 1. The molecule has 1 N–H and O–H groups in total. The van der Waals surface area contributed by atoms with Crippen molar-refractivity contribution in [2.24, 2.45) is 0 Å². The first-order valence-corrected chi connectivity index (χ1v) is 5.40. The number of carbonyl (C=O) groups is 1. The van der Waals surface area contributed by atoms with Crippen molar-refractivity contribution in [3.8, 4) is 6.07 Å². The first-order valence-electron chi connectivity index (χ1n) is 5.40. The van der Waals surface area contributed by atoms with Gasteiger partial charge in [0.1, 0.15) is 5.82 Å². The van der Waals surface area contributed by atoms with E-state index in [1.165, 1.54) is 19.5 Å². The summed E-state index contributed by atoms with van der Waals surface area (Å²) < 4.78 is 4.53. The molecule has 0 bridgehead atoms. The normalized spacial score (nSPS) is 9.47. The van der Waals surface area contributed by atoms with Gasteiger partial charge in [0.2, 0.25) is 0 Å². The smallest absolute Gasteiger partial charge is 0.358 e. The number of nitrogens with zero attached hydrogens (tertiary/aromatic N) is 3. The van der Waals surface area contributed by atoms with Crippen LogP contribution >= 0.6 is 0 Å². The van der Waals surface area contributed by atoms with E-state index in [0.717, 1.165) is 5.69 Å². The second-order valence-electron chi connectivity index (χ2n) is 3.60. The number of methoxy groups -OCH3 is 1. The third kappa shape index (κ3) is 3.04. The average Bonchev–Trinajstić information content (AvgIpc) is 2.47. The van der Waals surface area contributed by atoms with Gasteiger partial charge in [0.25, 0.3) is 0 Å². The lowest BCUT2D eigenvalue weighted by Crippen LogP contribution is -2.05. The Kier molecular flexibility index (Phi) is 3.69. The molecule has 1 aromatic heterocycles. The highest BCUT2D eigenvalue weighted by Crippen LogP contribution is 2.15. The van der Waals surface area contributed by atoms with Gasteiger partial charge in [-0.2, -0.15) is 5.26 Å². The van der Waals surface area contributed by atoms with Crippen LogP contribution in [0.4, 0.5) is 11.5 Å². The van der Waals surface area contributed by atoms with E-state index >= 15 is 0 Å². The molecule has 0 atom stereocenters. The molecule has 0 fully saturated rings. The molecule has 0 saturated carbocycles. The molecule has 0 radical (unpaired) electrons. The van der Waals surface area contributed by atoms with Crippen LogP contribution in [0.5, 0.6) is 0 Å². The Bertz CT molecular complexity index is 632. The van der Waals surface area contributed by atoms with Crippen LogP contribution in [0.1, 0.15) is 16.1 Å². The van der Waals surface area contributed by atoms with Crippen molar-refractivity contribution in [2.45, 2.75) is 0 Å². The summed E-state index contributed by atoms with van der Waals surface area (Å²) in [5.41, 5.74) is 1.40. The highest BCUT2D eigenvalue weighted by Gasteiger charge is 2.07. The second kappa shape index (κ2) is 5.60. The fraction of sp³-hybridized carbons (Fsp3) is 0.0769. The van der Waals surface area contributed by atoms with E-state index in [0.29, 0.717) is 11.4 Å². The molecule has 19 heavy (non-hydrogen) atoms. The summed E-state index contributed by atoms with van der Waals surface area (Å²) in [6, 6.07) is 9.01. The van der Waals surface area contributed by atoms with E-state index < -0.39 is 5.97 Å². The quantitative estimate of drug-likeness (QED) is 0.841. The predicted octanol–water partition coefficient (Wildman–Crippen LogP) is 1.88. The van der Waals surface area contributed by atoms with E-state index in [1.807, 2.05) is 6.07 Å². The Morgan fingerprint density at radius 1 is 1.37 bits per heavy atom. The lowest BCUT2D eigenvalue weighted by molar-refractivity contribution is 0.0593. The minimum Gasteiger partial charge on any atom is -0.464 e. The monoisotopic (exact) mass is 254 g/mol. The summed E-state index contributed by atoms with van der Waals surface area (Å²) >= 11 is 0. The van der Waals surface area contributed by atoms with Gasteiger partial charge in [-0.05, 0) is 18.2 Å². The molecule has 1 heterocycles. The molecule has 0 aliphatic heterocycles. The van der Waals surface area contributed by atoms with Gasteiger partial charge in [-0.25, -0.2) is 14.8 Å². The minimum atomic E-state index is -0.537. The predicted molar refractivity (Wildman–Crippen MR) is 67.8 cm³/mol. The minimum absolute atomic E-state index is 0.138. The molecular weight excluding hydrogens is 244 g/mol. The molecule has 0 saturated heterocycles. The Labute approximate surface area is 109 Å². The first-order chi connectivity index (χ1) is 9.22. The van der Waals surface area contributed by atoms with E-state index in [4.69, 9.17) is 5.26 Å². The van der Waals surface area contributed by atoms with E-state index in [-0.39, 0.29) is 5.69 Å². The van der Waals surface area contributed by atoms with Crippen LogP contribution in [0.3, 0.4) is 0 Å². The van der Waals surface area contributed by atoms with Crippen molar-refractivity contribution >= 4 is 17.5 Å². The van der Waals surface area contributed by atoms with Crippen LogP contribution in [0, 0.1) is 11.3 Å². The van der Waals surface area contributed by atoms with Gasteiger partial charge < -0.3 is 10.1 Å². The van der Waals surface area contributed by atoms with Gasteiger partial charge in [0, 0.05) is 5.69 Å². The number of nitrogens with one attached hydrogen (secondary N) is 1. The fourth-order valence-corrected chi connectivity index (χ4v) is 1.42. The number of ether oxygens (including phenoxy) is 1. The lowest BCUT2D eigenvalue weighted by atomic mass is 10.2. The Balaban J connectivity index is 2.15. The van der Waals surface area contributed by atoms with Crippen LogP contribution in [-0.4, -0.2) is 23.0 Å². The number of benzene rings is 1. The molecule has 6 nitrogen and oxygen atoms in total. The summed E-state index contributed by atoms with van der Waals surface area (Å²) in [7, 11) is 1.28.